The number of rotatable bonds is 5. The van der Waals surface area contributed by atoms with Crippen molar-refractivity contribution in [3.05, 3.63) is 59.7 Å². The van der Waals surface area contributed by atoms with Crippen molar-refractivity contribution in [3.63, 3.8) is 0 Å². The minimum atomic E-state index is -0.275. The molecule has 2 aliphatic heterocycles. The van der Waals surface area contributed by atoms with E-state index in [2.05, 4.69) is 15.1 Å². The third kappa shape index (κ3) is 3.76. The lowest BCUT2D eigenvalue weighted by molar-refractivity contribution is 0.122. The first kappa shape index (κ1) is 18.7. The van der Waals surface area contributed by atoms with E-state index in [0.717, 1.165) is 22.8 Å². The summed E-state index contributed by atoms with van der Waals surface area (Å²) in [6.07, 6.45) is 2.34. The molecule has 1 saturated heterocycles. The Balaban J connectivity index is 1.51. The van der Waals surface area contributed by atoms with E-state index in [1.807, 2.05) is 23.1 Å². The maximum atomic E-state index is 13.8. The first-order valence-corrected chi connectivity index (χ1v) is 9.94. The number of ether oxygens (including phenoxy) is 2. The van der Waals surface area contributed by atoms with Crippen molar-refractivity contribution in [2.24, 2.45) is 0 Å². The van der Waals surface area contributed by atoms with E-state index in [-0.39, 0.29) is 12.4 Å². The van der Waals surface area contributed by atoms with Crippen LogP contribution < -0.4 is 14.5 Å². The molecule has 0 unspecified atom stereocenters. The largest absolute Gasteiger partial charge is 0.471 e. The van der Waals surface area contributed by atoms with Crippen LogP contribution in [0.3, 0.4) is 0 Å². The molecule has 0 N–H and O–H groups in total. The fraction of sp³-hybridized carbons (Fsp3) is 0.333. The van der Waals surface area contributed by atoms with Gasteiger partial charge < -0.3 is 19.3 Å². The van der Waals surface area contributed by atoms with E-state index in [1.54, 1.807) is 12.3 Å². The summed E-state index contributed by atoms with van der Waals surface area (Å²) in [5.41, 5.74) is 2.40. The highest BCUT2D eigenvalue weighted by Gasteiger charge is 2.29. The molecule has 0 spiro atoms. The van der Waals surface area contributed by atoms with Gasteiger partial charge in [-0.1, -0.05) is 6.07 Å². The SMILES string of the molecule is Fc1cccc(N2CCc3c(OCc4cccnn4)nc(N4CCOCC4)nc32)c1. The molecule has 1 aromatic carbocycles. The van der Waals surface area contributed by atoms with E-state index in [4.69, 9.17) is 19.4 Å². The second-order valence-electron chi connectivity index (χ2n) is 7.12. The molecule has 2 aromatic heterocycles. The van der Waals surface area contributed by atoms with Gasteiger partial charge in [0, 0.05) is 31.5 Å². The normalized spacial score (nSPS) is 15.9. The molecule has 5 rings (SSSR count). The van der Waals surface area contributed by atoms with Gasteiger partial charge in [0.1, 0.15) is 23.9 Å². The van der Waals surface area contributed by atoms with Gasteiger partial charge in [0.25, 0.3) is 0 Å². The van der Waals surface area contributed by atoms with Gasteiger partial charge in [0.2, 0.25) is 11.8 Å². The van der Waals surface area contributed by atoms with Crippen LogP contribution in [0.15, 0.2) is 42.6 Å². The average Bonchev–Trinajstić information content (AvgIpc) is 3.23. The molecule has 1 fully saturated rings. The second kappa shape index (κ2) is 8.19. The number of morpholine rings is 1. The number of aromatic nitrogens is 4. The Morgan fingerprint density at radius 1 is 1.07 bits per heavy atom. The molecule has 9 heteroatoms. The van der Waals surface area contributed by atoms with Gasteiger partial charge in [0.15, 0.2) is 0 Å². The molecule has 30 heavy (non-hydrogen) atoms. The summed E-state index contributed by atoms with van der Waals surface area (Å²) in [7, 11) is 0. The van der Waals surface area contributed by atoms with E-state index in [9.17, 15) is 4.39 Å². The highest BCUT2D eigenvalue weighted by atomic mass is 19.1. The minimum absolute atomic E-state index is 0.264. The predicted molar refractivity (Wildman–Crippen MR) is 109 cm³/mol. The number of benzene rings is 1. The summed E-state index contributed by atoms with van der Waals surface area (Å²) in [4.78, 5) is 13.6. The van der Waals surface area contributed by atoms with Crippen LogP contribution in [0.2, 0.25) is 0 Å². The minimum Gasteiger partial charge on any atom is -0.471 e. The average molecular weight is 408 g/mol. The second-order valence-corrected chi connectivity index (χ2v) is 7.12. The molecular formula is C21H21FN6O2. The van der Waals surface area contributed by atoms with Gasteiger partial charge >= 0.3 is 0 Å². The maximum Gasteiger partial charge on any atom is 0.230 e. The Morgan fingerprint density at radius 3 is 2.77 bits per heavy atom. The zero-order valence-corrected chi connectivity index (χ0v) is 16.4. The van der Waals surface area contributed by atoms with Crippen molar-refractivity contribution in [1.82, 2.24) is 20.2 Å². The molecule has 0 bridgehead atoms. The van der Waals surface area contributed by atoms with Crippen LogP contribution in [-0.4, -0.2) is 53.0 Å². The third-order valence-corrected chi connectivity index (χ3v) is 5.17. The van der Waals surface area contributed by atoms with Crippen molar-refractivity contribution in [3.8, 4) is 5.88 Å². The van der Waals surface area contributed by atoms with Crippen LogP contribution in [0.4, 0.5) is 21.8 Å². The van der Waals surface area contributed by atoms with Crippen LogP contribution in [0.1, 0.15) is 11.3 Å². The number of hydrogen-bond acceptors (Lipinski definition) is 8. The van der Waals surface area contributed by atoms with Crippen LogP contribution >= 0.6 is 0 Å². The van der Waals surface area contributed by atoms with E-state index in [1.165, 1.54) is 12.1 Å². The van der Waals surface area contributed by atoms with Gasteiger partial charge in [0.05, 0.1) is 18.8 Å². The van der Waals surface area contributed by atoms with Crippen molar-refractivity contribution in [2.45, 2.75) is 13.0 Å². The van der Waals surface area contributed by atoms with E-state index in [0.29, 0.717) is 51.1 Å². The fourth-order valence-corrected chi connectivity index (χ4v) is 3.68. The van der Waals surface area contributed by atoms with Crippen molar-refractivity contribution < 1.29 is 13.9 Å². The summed E-state index contributed by atoms with van der Waals surface area (Å²) in [5.74, 6) is 1.61. The van der Waals surface area contributed by atoms with Gasteiger partial charge in [-0.15, -0.1) is 0 Å². The summed E-state index contributed by atoms with van der Waals surface area (Å²) in [5, 5.41) is 7.97. The Kier molecular flexibility index (Phi) is 5.10. The van der Waals surface area contributed by atoms with Gasteiger partial charge in [-0.25, -0.2) is 4.39 Å². The van der Waals surface area contributed by atoms with Crippen LogP contribution in [0.25, 0.3) is 0 Å². The highest BCUT2D eigenvalue weighted by molar-refractivity contribution is 5.69. The molecule has 0 atom stereocenters. The third-order valence-electron chi connectivity index (χ3n) is 5.17. The smallest absolute Gasteiger partial charge is 0.230 e. The zero-order valence-electron chi connectivity index (χ0n) is 16.4. The molecule has 3 aromatic rings. The molecule has 154 valence electrons. The molecule has 4 heterocycles. The molecule has 8 nitrogen and oxygen atoms in total. The van der Waals surface area contributed by atoms with E-state index >= 15 is 0 Å². The van der Waals surface area contributed by atoms with Crippen LogP contribution in [0.5, 0.6) is 5.88 Å². The predicted octanol–water partition coefficient (Wildman–Crippen LogP) is 2.52. The van der Waals surface area contributed by atoms with Crippen LogP contribution in [-0.2, 0) is 17.8 Å². The monoisotopic (exact) mass is 408 g/mol. The quantitative estimate of drug-likeness (QED) is 0.638. The number of nitrogens with zero attached hydrogens (tertiary/aromatic N) is 6. The number of fused-ring (bicyclic) bond motifs is 1. The van der Waals surface area contributed by atoms with Crippen LogP contribution in [0, 0.1) is 5.82 Å². The number of hydrogen-bond donors (Lipinski definition) is 0. The lowest BCUT2D eigenvalue weighted by Crippen LogP contribution is -2.37. The number of halogens is 1. The summed E-state index contributed by atoms with van der Waals surface area (Å²) in [6, 6.07) is 10.2. The standard InChI is InChI=1S/C21H21FN6O2/c22-15-3-1-5-17(13-15)28-8-6-18-19(28)24-21(27-9-11-29-12-10-27)25-20(18)30-14-16-4-2-7-23-26-16/h1-5,7,13H,6,8-12,14H2. The topological polar surface area (TPSA) is 76.5 Å². The molecule has 0 aliphatic carbocycles. The lowest BCUT2D eigenvalue weighted by Gasteiger charge is -2.28. The summed E-state index contributed by atoms with van der Waals surface area (Å²) < 4.78 is 25.4. The summed E-state index contributed by atoms with van der Waals surface area (Å²) in [6.45, 7) is 3.62. The van der Waals surface area contributed by atoms with Crippen molar-refractivity contribution >= 4 is 17.5 Å². The molecule has 0 amide bonds. The fourth-order valence-electron chi connectivity index (χ4n) is 3.68. The van der Waals surface area contributed by atoms with Gasteiger partial charge in [-0.3, -0.25) is 0 Å². The van der Waals surface area contributed by atoms with Gasteiger partial charge in [-0.2, -0.15) is 20.2 Å². The first-order chi connectivity index (χ1) is 14.8. The zero-order chi connectivity index (χ0) is 20.3. The van der Waals surface area contributed by atoms with Crippen molar-refractivity contribution in [1.29, 1.82) is 0 Å². The Hall–Kier alpha value is -3.33. The molecule has 0 saturated carbocycles. The Bertz CT molecular complexity index is 1030. The first-order valence-electron chi connectivity index (χ1n) is 9.94. The number of anilines is 3. The molecular weight excluding hydrogens is 387 g/mol. The maximum absolute atomic E-state index is 13.8. The van der Waals surface area contributed by atoms with Gasteiger partial charge in [-0.05, 0) is 36.8 Å². The molecule has 0 radical (unpaired) electrons. The Morgan fingerprint density at radius 2 is 1.97 bits per heavy atom. The highest BCUT2D eigenvalue weighted by Crippen LogP contribution is 2.39. The Labute approximate surface area is 173 Å². The molecule has 2 aliphatic rings. The summed E-state index contributed by atoms with van der Waals surface area (Å²) >= 11 is 0. The lowest BCUT2D eigenvalue weighted by atomic mass is 10.2. The van der Waals surface area contributed by atoms with E-state index < -0.39 is 0 Å². The van der Waals surface area contributed by atoms with Crippen molar-refractivity contribution in [2.75, 3.05) is 42.6 Å².